The Morgan fingerprint density at radius 2 is 2.00 bits per heavy atom. The maximum atomic E-state index is 10.9. The van der Waals surface area contributed by atoms with Gasteiger partial charge >= 0.3 is 5.70 Å². The minimum atomic E-state index is -0.458. The van der Waals surface area contributed by atoms with E-state index in [0.717, 1.165) is 5.56 Å². The molecule has 1 aliphatic rings. The van der Waals surface area contributed by atoms with Crippen LogP contribution in [0.25, 0.3) is 5.57 Å². The first-order chi connectivity index (χ1) is 7.70. The second kappa shape index (κ2) is 4.14. The predicted molar refractivity (Wildman–Crippen MR) is 61.5 cm³/mol. The molecule has 0 spiro atoms. The van der Waals surface area contributed by atoms with Crippen molar-refractivity contribution in [3.8, 4) is 0 Å². The Morgan fingerprint density at radius 1 is 1.31 bits per heavy atom. The van der Waals surface area contributed by atoms with Crippen LogP contribution in [0.2, 0.25) is 0 Å². The lowest BCUT2D eigenvalue weighted by Crippen LogP contribution is -2.25. The molecule has 0 unspecified atom stereocenters. The van der Waals surface area contributed by atoms with E-state index in [1.807, 2.05) is 30.3 Å². The quantitative estimate of drug-likeness (QED) is 0.601. The molecule has 0 bridgehead atoms. The van der Waals surface area contributed by atoms with E-state index >= 15 is 0 Å². The lowest BCUT2D eigenvalue weighted by molar-refractivity contribution is -0.414. The monoisotopic (exact) mass is 217 g/mol. The van der Waals surface area contributed by atoms with E-state index in [1.54, 1.807) is 0 Å². The first-order valence-corrected chi connectivity index (χ1v) is 4.93. The Morgan fingerprint density at radius 3 is 2.62 bits per heavy atom. The fourth-order valence-corrected chi connectivity index (χ4v) is 1.76. The Hall–Kier alpha value is -2.17. The molecule has 0 amide bonds. The number of nitro groups is 1. The van der Waals surface area contributed by atoms with E-state index in [1.165, 1.54) is 0 Å². The van der Waals surface area contributed by atoms with Crippen molar-refractivity contribution in [2.24, 2.45) is 10.7 Å². The van der Waals surface area contributed by atoms with Gasteiger partial charge in [-0.2, -0.15) is 0 Å². The Balaban J connectivity index is 2.55. The van der Waals surface area contributed by atoms with Crippen LogP contribution in [0.4, 0.5) is 0 Å². The molecular weight excluding hydrogens is 206 g/mol. The smallest absolute Gasteiger partial charge is 0.314 e. The molecular formula is C11H11N3O2. The highest BCUT2D eigenvalue weighted by Crippen LogP contribution is 2.25. The second-order valence-electron chi connectivity index (χ2n) is 3.47. The van der Waals surface area contributed by atoms with Gasteiger partial charge in [-0.3, -0.25) is 15.1 Å². The minimum absolute atomic E-state index is 0.0232. The molecule has 0 atom stereocenters. The molecule has 82 valence electrons. The average molecular weight is 217 g/mol. The van der Waals surface area contributed by atoms with Crippen LogP contribution < -0.4 is 5.73 Å². The van der Waals surface area contributed by atoms with E-state index in [9.17, 15) is 10.1 Å². The summed E-state index contributed by atoms with van der Waals surface area (Å²) in [7, 11) is 0. The zero-order chi connectivity index (χ0) is 11.5. The molecule has 2 rings (SSSR count). The summed E-state index contributed by atoms with van der Waals surface area (Å²) in [6.45, 7) is 0.507. The van der Waals surface area contributed by atoms with E-state index < -0.39 is 4.92 Å². The zero-order valence-corrected chi connectivity index (χ0v) is 8.59. The second-order valence-corrected chi connectivity index (χ2v) is 3.47. The summed E-state index contributed by atoms with van der Waals surface area (Å²) in [5.41, 5.74) is 7.00. The van der Waals surface area contributed by atoms with Crippen molar-refractivity contribution in [1.82, 2.24) is 0 Å². The van der Waals surface area contributed by atoms with Gasteiger partial charge in [-0.15, -0.1) is 0 Å². The van der Waals surface area contributed by atoms with Gasteiger partial charge in [-0.1, -0.05) is 30.3 Å². The van der Waals surface area contributed by atoms with Crippen molar-refractivity contribution in [3.05, 3.63) is 51.7 Å². The van der Waals surface area contributed by atoms with Crippen molar-refractivity contribution in [2.45, 2.75) is 6.42 Å². The number of nitrogens with two attached hydrogens (primary N) is 1. The third-order valence-corrected chi connectivity index (χ3v) is 2.48. The Bertz CT molecular complexity index is 477. The molecule has 0 aliphatic carbocycles. The highest BCUT2D eigenvalue weighted by atomic mass is 16.6. The first kappa shape index (κ1) is 10.4. The van der Waals surface area contributed by atoms with Gasteiger partial charge in [0.05, 0.1) is 4.92 Å². The molecule has 5 heteroatoms. The molecule has 1 aromatic carbocycles. The number of dihydropyridines is 1. The molecule has 0 fully saturated rings. The van der Waals surface area contributed by atoms with Gasteiger partial charge in [0.15, 0.2) is 5.84 Å². The number of aliphatic imine (C=N–C) groups is 1. The van der Waals surface area contributed by atoms with Gasteiger partial charge in [-0.05, 0) is 12.0 Å². The van der Waals surface area contributed by atoms with Gasteiger partial charge in [0.25, 0.3) is 0 Å². The van der Waals surface area contributed by atoms with Gasteiger partial charge in [0.2, 0.25) is 0 Å². The minimum Gasteiger partial charge on any atom is -0.378 e. The first-order valence-electron chi connectivity index (χ1n) is 4.93. The fourth-order valence-electron chi connectivity index (χ4n) is 1.76. The van der Waals surface area contributed by atoms with Crippen molar-refractivity contribution in [3.63, 3.8) is 0 Å². The van der Waals surface area contributed by atoms with E-state index in [-0.39, 0.29) is 11.5 Å². The summed E-state index contributed by atoms with van der Waals surface area (Å²) >= 11 is 0. The van der Waals surface area contributed by atoms with Crippen molar-refractivity contribution >= 4 is 11.4 Å². The van der Waals surface area contributed by atoms with Crippen LogP contribution in [-0.2, 0) is 0 Å². The molecule has 0 radical (unpaired) electrons. The molecule has 1 aromatic rings. The molecule has 0 saturated heterocycles. The summed E-state index contributed by atoms with van der Waals surface area (Å²) in [5.74, 6) is 0.0232. The normalized spacial score (nSPS) is 15.9. The summed E-state index contributed by atoms with van der Waals surface area (Å²) in [6, 6.07) is 9.26. The van der Waals surface area contributed by atoms with Gasteiger partial charge < -0.3 is 5.73 Å². The predicted octanol–water partition coefficient (Wildman–Crippen LogP) is 1.44. The maximum absolute atomic E-state index is 10.9. The highest BCUT2D eigenvalue weighted by Gasteiger charge is 2.26. The van der Waals surface area contributed by atoms with Crippen molar-refractivity contribution < 1.29 is 4.92 Å². The van der Waals surface area contributed by atoms with Crippen LogP contribution >= 0.6 is 0 Å². The van der Waals surface area contributed by atoms with Crippen LogP contribution in [0.3, 0.4) is 0 Å². The Kier molecular flexibility index (Phi) is 2.68. The largest absolute Gasteiger partial charge is 0.378 e. The van der Waals surface area contributed by atoms with Crippen LogP contribution in [0.5, 0.6) is 0 Å². The lowest BCUT2D eigenvalue weighted by atomic mass is 9.98. The van der Waals surface area contributed by atoms with Crippen LogP contribution in [0.1, 0.15) is 12.0 Å². The Labute approximate surface area is 92.4 Å². The van der Waals surface area contributed by atoms with Crippen LogP contribution in [0.15, 0.2) is 41.0 Å². The third kappa shape index (κ3) is 1.79. The topological polar surface area (TPSA) is 81.5 Å². The maximum Gasteiger partial charge on any atom is 0.314 e. The lowest BCUT2D eigenvalue weighted by Gasteiger charge is -2.12. The number of benzene rings is 1. The van der Waals surface area contributed by atoms with Gasteiger partial charge in [0, 0.05) is 12.1 Å². The molecule has 5 nitrogen and oxygen atoms in total. The molecule has 1 heterocycles. The van der Waals surface area contributed by atoms with Crippen molar-refractivity contribution in [1.29, 1.82) is 0 Å². The molecule has 16 heavy (non-hydrogen) atoms. The highest BCUT2D eigenvalue weighted by molar-refractivity contribution is 6.02. The third-order valence-electron chi connectivity index (χ3n) is 2.48. The number of hydrogen-bond donors (Lipinski definition) is 1. The fraction of sp³-hybridized carbons (Fsp3) is 0.182. The average Bonchev–Trinajstić information content (AvgIpc) is 2.29. The standard InChI is InChI=1S/C11H11N3O2/c12-11-10(14(15)16)9(6-7-13-11)8-4-2-1-3-5-8/h1-5H,6-7H2,(H2,12,13). The number of amidine groups is 1. The SMILES string of the molecule is NC1=NCCC(c2ccccc2)=C1[N+](=O)[O-]. The molecule has 1 aliphatic heterocycles. The van der Waals surface area contributed by atoms with Crippen LogP contribution in [-0.4, -0.2) is 17.3 Å². The van der Waals surface area contributed by atoms with E-state index in [2.05, 4.69) is 4.99 Å². The van der Waals surface area contributed by atoms with E-state index in [0.29, 0.717) is 18.5 Å². The van der Waals surface area contributed by atoms with Gasteiger partial charge in [-0.25, -0.2) is 0 Å². The van der Waals surface area contributed by atoms with Crippen molar-refractivity contribution in [2.75, 3.05) is 6.54 Å². The number of hydrogen-bond acceptors (Lipinski definition) is 4. The van der Waals surface area contributed by atoms with Crippen LogP contribution in [0, 0.1) is 10.1 Å². The number of nitrogens with zero attached hydrogens (tertiary/aromatic N) is 2. The van der Waals surface area contributed by atoms with E-state index in [4.69, 9.17) is 5.73 Å². The number of rotatable bonds is 2. The summed E-state index contributed by atoms with van der Waals surface area (Å²) < 4.78 is 0. The summed E-state index contributed by atoms with van der Waals surface area (Å²) in [5, 5.41) is 10.9. The summed E-state index contributed by atoms with van der Waals surface area (Å²) in [6.07, 6.45) is 0.557. The zero-order valence-electron chi connectivity index (χ0n) is 8.59. The molecule has 0 aromatic heterocycles. The molecule has 0 saturated carbocycles. The van der Waals surface area contributed by atoms with Gasteiger partial charge in [0.1, 0.15) is 0 Å². The summed E-state index contributed by atoms with van der Waals surface area (Å²) in [4.78, 5) is 14.4. The molecule has 2 N–H and O–H groups in total.